The van der Waals surface area contributed by atoms with Gasteiger partial charge in [0.25, 0.3) is 5.91 Å². The molecule has 0 spiro atoms. The van der Waals surface area contributed by atoms with Crippen molar-refractivity contribution in [1.29, 1.82) is 0 Å². The highest BCUT2D eigenvalue weighted by Gasteiger charge is 2.33. The number of anilines is 2. The molecule has 0 fully saturated rings. The fourth-order valence-electron chi connectivity index (χ4n) is 13.2. The number of hydrogen-bond donors (Lipinski definition) is 14. The van der Waals surface area contributed by atoms with E-state index < -0.39 is 102 Å². The zero-order valence-electron chi connectivity index (χ0n) is 69.0. The summed E-state index contributed by atoms with van der Waals surface area (Å²) in [7, 11) is 0. The zero-order valence-corrected chi connectivity index (χ0v) is 69.8. The van der Waals surface area contributed by atoms with Crippen LogP contribution in [0.4, 0.5) is 11.8 Å². The second kappa shape index (κ2) is 62.9. The number of benzene rings is 1. The number of carboxylic acids is 1. The average molecular weight is 1610 g/mol. The number of aliphatic carboxylic acids is 1. The monoisotopic (exact) mass is 1610 g/mol. The Morgan fingerprint density at radius 3 is 1.41 bits per heavy atom. The van der Waals surface area contributed by atoms with Gasteiger partial charge in [0.05, 0.1) is 19.2 Å². The van der Waals surface area contributed by atoms with Gasteiger partial charge in [0, 0.05) is 43.0 Å². The Hall–Kier alpha value is -7.41. The van der Waals surface area contributed by atoms with Crippen molar-refractivity contribution in [2.75, 3.05) is 61.9 Å². The second-order valence-electron chi connectivity index (χ2n) is 30.2. The SMILES string of the molecule is CCCCCCCCCCCCCCCC(=O)OCC(CSCC(N)C(=O)NC(CO)C(=O)N[C@@H](CCCCN)C(=O)NC(CCCCNC(=O)c1ccc(Cn2c(=O)[nH]c3c(N)nc(NCCCC)nc32)cc1)C(=O)N[C@@H](CCCCC)C(=O)NC(CCCCN)C(=O)O)OC(=O)CCCCCCCCCCCCCCC. The van der Waals surface area contributed by atoms with Crippen LogP contribution in [0.5, 0.6) is 0 Å². The van der Waals surface area contributed by atoms with Crippen molar-refractivity contribution in [2.45, 2.75) is 353 Å². The maximum absolute atomic E-state index is 14.6. The molecule has 3 rings (SSSR count). The van der Waals surface area contributed by atoms with Crippen LogP contribution in [0.1, 0.15) is 320 Å². The van der Waals surface area contributed by atoms with Crippen molar-refractivity contribution in [2.24, 2.45) is 17.2 Å². The van der Waals surface area contributed by atoms with Gasteiger partial charge in [-0.1, -0.05) is 220 Å². The summed E-state index contributed by atoms with van der Waals surface area (Å²) >= 11 is 1.19. The predicted octanol–water partition coefficient (Wildman–Crippen LogP) is 10.7. The number of H-pyrrole nitrogens is 1. The number of ether oxygens (including phenoxy) is 2. The molecule has 29 nitrogen and oxygen atoms in total. The van der Waals surface area contributed by atoms with Crippen molar-refractivity contribution < 1.29 is 62.8 Å². The molecule has 0 aliphatic heterocycles. The number of aromatic amines is 1. The number of aliphatic hydroxyl groups is 1. The lowest BCUT2D eigenvalue weighted by molar-refractivity contribution is -0.157. The number of esters is 2. The number of fused-ring (bicyclic) bond motifs is 1. The highest BCUT2D eigenvalue weighted by molar-refractivity contribution is 7.99. The van der Waals surface area contributed by atoms with Crippen molar-refractivity contribution in [3.63, 3.8) is 0 Å². The number of thioether (sulfide) groups is 1. The van der Waals surface area contributed by atoms with Crippen molar-refractivity contribution in [1.82, 2.24) is 51.4 Å². The van der Waals surface area contributed by atoms with Crippen LogP contribution in [-0.2, 0) is 54.4 Å². The molecule has 6 amide bonds. The molecule has 113 heavy (non-hydrogen) atoms. The maximum Gasteiger partial charge on any atom is 0.328 e. The number of nitrogens with zero attached hydrogens (tertiary/aromatic N) is 3. The topological polar surface area (TPSA) is 464 Å². The van der Waals surface area contributed by atoms with Gasteiger partial charge in [-0.25, -0.2) is 9.59 Å². The van der Waals surface area contributed by atoms with E-state index in [9.17, 15) is 58.2 Å². The van der Waals surface area contributed by atoms with E-state index in [4.69, 9.17) is 32.4 Å². The average Bonchev–Trinajstić information content (AvgIpc) is 1.64. The van der Waals surface area contributed by atoms with Crippen LogP contribution < -0.4 is 65.8 Å². The molecule has 0 radical (unpaired) electrons. The van der Waals surface area contributed by atoms with Crippen LogP contribution in [0, 0.1) is 0 Å². The normalized spacial score (nSPS) is 13.2. The summed E-state index contributed by atoms with van der Waals surface area (Å²) in [5, 5.41) is 39.9. The van der Waals surface area contributed by atoms with Gasteiger partial charge in [-0.3, -0.25) is 42.9 Å². The van der Waals surface area contributed by atoms with Gasteiger partial charge in [-0.05, 0) is 114 Å². The number of rotatable bonds is 71. The van der Waals surface area contributed by atoms with Gasteiger partial charge >= 0.3 is 23.6 Å². The maximum atomic E-state index is 14.6. The predicted molar refractivity (Wildman–Crippen MR) is 449 cm³/mol. The van der Waals surface area contributed by atoms with Crippen LogP contribution in [-0.4, -0.2) is 176 Å². The first kappa shape index (κ1) is 99.8. The highest BCUT2D eigenvalue weighted by atomic mass is 32.2. The first-order valence-corrected chi connectivity index (χ1v) is 44.2. The summed E-state index contributed by atoms with van der Waals surface area (Å²) in [6, 6.07) is -1.38. The standard InChI is InChI=1S/C83H145N15O14S/c1-5-9-13-15-17-19-21-23-25-27-29-31-34-46-70(100)111-58-63(112-71(101)47-35-32-30-28-26-24-22-20-18-16-14-10-6-2)59-113-60-64(86)76(103)94-69(57-99)80(107)92-66(43-36-39-52-84)77(104)91-67(78(105)90-65(42-33-11-7-3)79(106)93-68(81(108)109)45-37-40-53-85)44-38-41-55-88-75(102)62-50-48-61(49-51-62)56-98-74-72(95-83(98)110)73(87)96-82(97-74)89-54-12-8-4/h48-51,63-69,99H,5-47,52-60,84-86H2,1-4H3,(H,88,102)(H,90,105)(H,91,104)(H,92,107)(H,93,106)(H,94,103)(H,95,110)(H,108,109)(H3,87,89,96,97)/t63?,64?,65-,66-,67?,68?,69?/m0/s1. The number of carbonyl (C=O) groups excluding carboxylic acids is 8. The Morgan fingerprint density at radius 2 is 0.929 bits per heavy atom. The lowest BCUT2D eigenvalue weighted by Gasteiger charge is -2.27. The van der Waals surface area contributed by atoms with E-state index >= 15 is 0 Å². The van der Waals surface area contributed by atoms with Gasteiger partial charge in [0.2, 0.25) is 35.5 Å². The number of carbonyl (C=O) groups is 9. The molecule has 7 atom stereocenters. The van der Waals surface area contributed by atoms with Gasteiger partial charge in [0.1, 0.15) is 48.4 Å². The quantitative estimate of drug-likeness (QED) is 0.0184. The summed E-state index contributed by atoms with van der Waals surface area (Å²) in [5.74, 6) is -6.04. The number of hydrogen-bond acceptors (Lipinski definition) is 21. The van der Waals surface area contributed by atoms with Gasteiger partial charge in [-0.2, -0.15) is 21.7 Å². The minimum atomic E-state index is -1.60. The zero-order chi connectivity index (χ0) is 82.6. The number of aliphatic hydroxyl groups excluding tert-OH is 1. The third-order valence-electron chi connectivity index (χ3n) is 20.2. The number of unbranched alkanes of at least 4 members (excludes halogenated alkanes) is 30. The number of nitrogen functional groups attached to an aromatic ring is 1. The van der Waals surface area contributed by atoms with Crippen molar-refractivity contribution in [3.8, 4) is 0 Å². The largest absolute Gasteiger partial charge is 0.480 e. The molecule has 642 valence electrons. The number of carboxylic acid groups (broad SMARTS) is 1. The van der Waals surface area contributed by atoms with E-state index in [-0.39, 0.29) is 94.5 Å². The molecule has 0 aliphatic rings. The minimum absolute atomic E-state index is 0.00435. The molecule has 0 aliphatic carbocycles. The molecule has 0 saturated carbocycles. The number of imidazole rings is 1. The lowest BCUT2D eigenvalue weighted by Crippen LogP contribution is -2.59. The van der Waals surface area contributed by atoms with Gasteiger partial charge < -0.3 is 84.8 Å². The van der Waals surface area contributed by atoms with E-state index in [1.807, 2.05) is 6.92 Å². The minimum Gasteiger partial charge on any atom is -0.480 e. The second-order valence-corrected chi connectivity index (χ2v) is 31.3. The molecule has 0 saturated heterocycles. The molecular weight excluding hydrogens is 1460 g/mol. The molecule has 2 heterocycles. The van der Waals surface area contributed by atoms with E-state index in [1.54, 1.807) is 24.3 Å². The smallest absolute Gasteiger partial charge is 0.328 e. The summed E-state index contributed by atoms with van der Waals surface area (Å²) in [5.41, 5.74) is 25.3. The van der Waals surface area contributed by atoms with E-state index in [1.165, 1.54) is 132 Å². The van der Waals surface area contributed by atoms with Crippen LogP contribution in [0.3, 0.4) is 0 Å². The molecular formula is C83H145N15O14S. The molecule has 2 aromatic heterocycles. The third kappa shape index (κ3) is 44.3. The molecule has 1 aromatic carbocycles. The highest BCUT2D eigenvalue weighted by Crippen LogP contribution is 2.21. The number of nitrogens with two attached hydrogens (primary N) is 4. The summed E-state index contributed by atoms with van der Waals surface area (Å²) in [6.45, 7) is 8.83. The molecule has 0 bridgehead atoms. The molecule has 3 aromatic rings. The summed E-state index contributed by atoms with van der Waals surface area (Å²) in [4.78, 5) is 148. The number of amides is 6. The molecule has 18 N–H and O–H groups in total. The Morgan fingerprint density at radius 1 is 0.504 bits per heavy atom. The fourth-order valence-corrected chi connectivity index (χ4v) is 14.1. The van der Waals surface area contributed by atoms with Crippen LogP contribution in [0.15, 0.2) is 29.1 Å². The summed E-state index contributed by atoms with van der Waals surface area (Å²) < 4.78 is 13.0. The first-order valence-electron chi connectivity index (χ1n) is 43.0. The first-order chi connectivity index (χ1) is 54.7. The number of aromatic nitrogens is 4. The molecule has 5 unspecified atom stereocenters. The van der Waals surface area contributed by atoms with Crippen molar-refractivity contribution >= 4 is 88.0 Å². The Labute approximate surface area is 676 Å². The fraction of sp³-hybridized carbons (Fsp3) is 0.759. The van der Waals surface area contributed by atoms with E-state index in [0.717, 1.165) is 57.8 Å². The Balaban J connectivity index is 1.73. The van der Waals surface area contributed by atoms with Crippen molar-refractivity contribution in [3.05, 3.63) is 45.9 Å². The van der Waals surface area contributed by atoms with E-state index in [2.05, 4.69) is 72.9 Å². The van der Waals surface area contributed by atoms with Gasteiger partial charge in [0.15, 0.2) is 11.5 Å². The number of nitrogens with one attached hydrogen (secondary N) is 8. The van der Waals surface area contributed by atoms with Crippen LogP contribution in [0.25, 0.3) is 11.2 Å². The van der Waals surface area contributed by atoms with Crippen LogP contribution in [0.2, 0.25) is 0 Å². The van der Waals surface area contributed by atoms with Crippen LogP contribution >= 0.6 is 11.8 Å². The third-order valence-corrected chi connectivity index (χ3v) is 21.4. The Kier molecular flexibility index (Phi) is 55.5. The molecule has 30 heteroatoms. The van der Waals surface area contributed by atoms with Gasteiger partial charge in [-0.15, -0.1) is 0 Å². The Bertz CT molecular complexity index is 3220. The lowest BCUT2D eigenvalue weighted by atomic mass is 10.0. The summed E-state index contributed by atoms with van der Waals surface area (Å²) in [6.07, 6.45) is 36.2. The van der Waals surface area contributed by atoms with E-state index in [0.29, 0.717) is 99.1 Å².